The molecule has 8 nitrogen and oxygen atoms in total. The van der Waals surface area contributed by atoms with E-state index in [0.29, 0.717) is 68.0 Å². The number of piperazine rings is 1. The highest BCUT2D eigenvalue weighted by Gasteiger charge is 2.32. The second kappa shape index (κ2) is 15.3. The number of esters is 1. The quantitative estimate of drug-likeness (QED) is 0.104. The monoisotopic (exact) mass is 689 g/mol. The highest BCUT2D eigenvalue weighted by atomic mass is 32.2. The van der Waals surface area contributed by atoms with Crippen LogP contribution in [0, 0.1) is 5.92 Å². The number of carbonyl (C=O) groups excluding carboxylic acids is 2. The normalized spacial score (nSPS) is 16.8. The van der Waals surface area contributed by atoms with Gasteiger partial charge in [-0.05, 0) is 55.7 Å². The summed E-state index contributed by atoms with van der Waals surface area (Å²) in [5.41, 5.74) is 3.24. The molecule has 0 radical (unpaired) electrons. The molecule has 1 atom stereocenters. The molecule has 256 valence electrons. The third-order valence-corrected chi connectivity index (χ3v) is 9.72. The molecule has 2 saturated heterocycles. The van der Waals surface area contributed by atoms with Crippen LogP contribution in [0.15, 0.2) is 90.1 Å². The summed E-state index contributed by atoms with van der Waals surface area (Å²) in [5.74, 6) is 0.730. The number of carbonyl (C=O) groups is 2. The van der Waals surface area contributed by atoms with Gasteiger partial charge in [0.25, 0.3) is 5.91 Å². The molecule has 0 N–H and O–H groups in total. The minimum atomic E-state index is -4.39. The van der Waals surface area contributed by atoms with Gasteiger partial charge in [-0.15, -0.1) is 0 Å². The lowest BCUT2D eigenvalue weighted by Crippen LogP contribution is -2.47. The Morgan fingerprint density at radius 2 is 1.61 bits per heavy atom. The van der Waals surface area contributed by atoms with Crippen molar-refractivity contribution in [1.29, 1.82) is 0 Å². The van der Waals surface area contributed by atoms with Crippen LogP contribution in [0.1, 0.15) is 41.3 Å². The molecule has 2 fully saturated rings. The van der Waals surface area contributed by atoms with Crippen molar-refractivity contribution in [3.63, 3.8) is 0 Å². The van der Waals surface area contributed by atoms with E-state index in [4.69, 9.17) is 14.7 Å². The fourth-order valence-electron chi connectivity index (χ4n) is 6.16. The van der Waals surface area contributed by atoms with Gasteiger partial charge in [0, 0.05) is 67.9 Å². The highest BCUT2D eigenvalue weighted by molar-refractivity contribution is 7.98. The van der Waals surface area contributed by atoms with Crippen LogP contribution in [0.25, 0.3) is 11.3 Å². The maximum absolute atomic E-state index is 13.3. The number of aromatic nitrogens is 2. The molecule has 3 aromatic carbocycles. The van der Waals surface area contributed by atoms with Crippen molar-refractivity contribution in [2.75, 3.05) is 55.7 Å². The van der Waals surface area contributed by atoms with Crippen molar-refractivity contribution in [3.05, 3.63) is 102 Å². The first kappa shape index (κ1) is 34.3. The number of benzene rings is 3. The van der Waals surface area contributed by atoms with Crippen molar-refractivity contribution in [2.24, 2.45) is 5.92 Å². The number of piperidine rings is 1. The second-order valence-electron chi connectivity index (χ2n) is 12.1. The third-order valence-electron chi connectivity index (χ3n) is 8.80. The van der Waals surface area contributed by atoms with E-state index in [1.807, 2.05) is 65.6 Å². The van der Waals surface area contributed by atoms with Gasteiger partial charge in [0.15, 0.2) is 5.16 Å². The standard InChI is InChI=1S/C37H38F3N5O3S/c1-2-48-35(47)29-10-7-17-45(24-29)34(46)28-15-13-26(14-16-28)25-49-36-41-32(27-8-4-3-5-9-27)23-33(42-36)44-20-18-43(19-21-44)31-12-6-11-30(22-31)37(38,39)40/h3-6,8-9,11-16,22-23,29H,2,7,10,17-21,24-25H2,1H3/t29-/m0/s1. The van der Waals surface area contributed by atoms with Gasteiger partial charge >= 0.3 is 12.1 Å². The SMILES string of the molecule is CCOC(=O)[C@H]1CCCN(C(=O)c2ccc(CSc3nc(-c4ccccc4)cc(N4CCN(c5cccc(C(F)(F)F)c5)CC4)n3)cc2)C1. The Labute approximate surface area is 288 Å². The number of hydrogen-bond acceptors (Lipinski definition) is 8. The summed E-state index contributed by atoms with van der Waals surface area (Å²) >= 11 is 1.50. The number of halogens is 3. The number of rotatable bonds is 9. The minimum absolute atomic E-state index is 0.0927. The predicted molar refractivity (Wildman–Crippen MR) is 185 cm³/mol. The number of thioether (sulfide) groups is 1. The maximum Gasteiger partial charge on any atom is 0.416 e. The summed E-state index contributed by atoms with van der Waals surface area (Å²) < 4.78 is 45.1. The van der Waals surface area contributed by atoms with E-state index in [-0.39, 0.29) is 17.8 Å². The maximum atomic E-state index is 13.3. The van der Waals surface area contributed by atoms with E-state index in [9.17, 15) is 22.8 Å². The number of ether oxygens (including phenoxy) is 1. The lowest BCUT2D eigenvalue weighted by molar-refractivity contribution is -0.149. The van der Waals surface area contributed by atoms with Gasteiger partial charge in [-0.25, -0.2) is 9.97 Å². The van der Waals surface area contributed by atoms with Crippen LogP contribution in [-0.2, 0) is 21.5 Å². The summed E-state index contributed by atoms with van der Waals surface area (Å²) in [6.07, 6.45) is -2.90. The molecule has 3 heterocycles. The third kappa shape index (κ3) is 8.54. The van der Waals surface area contributed by atoms with E-state index in [2.05, 4.69) is 4.90 Å². The summed E-state index contributed by atoms with van der Waals surface area (Å²) in [4.78, 5) is 41.1. The van der Waals surface area contributed by atoms with Crippen molar-refractivity contribution in [2.45, 2.75) is 36.9 Å². The average Bonchev–Trinajstić information content (AvgIpc) is 3.14. The van der Waals surface area contributed by atoms with Crippen molar-refractivity contribution >= 4 is 35.1 Å². The van der Waals surface area contributed by atoms with Crippen LogP contribution in [0.3, 0.4) is 0 Å². The summed E-state index contributed by atoms with van der Waals surface area (Å²) in [5, 5.41) is 0.607. The number of nitrogens with zero attached hydrogens (tertiary/aromatic N) is 5. The summed E-state index contributed by atoms with van der Waals surface area (Å²) in [6, 6.07) is 24.8. The Bertz CT molecular complexity index is 1750. The molecule has 0 bridgehead atoms. The largest absolute Gasteiger partial charge is 0.466 e. The molecule has 2 aliphatic rings. The number of anilines is 2. The smallest absolute Gasteiger partial charge is 0.416 e. The molecule has 0 saturated carbocycles. The van der Waals surface area contributed by atoms with Gasteiger partial charge in [-0.1, -0.05) is 60.3 Å². The van der Waals surface area contributed by atoms with Gasteiger partial charge in [0.1, 0.15) is 5.82 Å². The average molecular weight is 690 g/mol. The number of amides is 1. The Morgan fingerprint density at radius 1 is 0.878 bits per heavy atom. The van der Waals surface area contributed by atoms with Crippen molar-refractivity contribution < 1.29 is 27.5 Å². The molecular weight excluding hydrogens is 652 g/mol. The van der Waals surface area contributed by atoms with Crippen LogP contribution < -0.4 is 9.80 Å². The van der Waals surface area contributed by atoms with Gasteiger partial charge < -0.3 is 19.4 Å². The second-order valence-corrected chi connectivity index (χ2v) is 13.1. The summed E-state index contributed by atoms with van der Waals surface area (Å²) in [7, 11) is 0. The fraction of sp³-hybridized carbons (Fsp3) is 0.351. The van der Waals surface area contributed by atoms with E-state index >= 15 is 0 Å². The fourth-order valence-corrected chi connectivity index (χ4v) is 6.97. The Hall–Kier alpha value is -4.58. The van der Waals surface area contributed by atoms with E-state index in [1.54, 1.807) is 17.9 Å². The number of hydrogen-bond donors (Lipinski definition) is 0. The first-order chi connectivity index (χ1) is 23.7. The van der Waals surface area contributed by atoms with Crippen LogP contribution in [-0.4, -0.2) is 72.6 Å². The van der Waals surface area contributed by atoms with Gasteiger partial charge in [0.05, 0.1) is 23.8 Å². The van der Waals surface area contributed by atoms with Gasteiger partial charge in [0.2, 0.25) is 0 Å². The molecule has 0 unspecified atom stereocenters. The Morgan fingerprint density at radius 3 is 2.33 bits per heavy atom. The van der Waals surface area contributed by atoms with Crippen LogP contribution in [0.2, 0.25) is 0 Å². The topological polar surface area (TPSA) is 78.9 Å². The summed E-state index contributed by atoms with van der Waals surface area (Å²) in [6.45, 7) is 5.40. The molecule has 0 aliphatic carbocycles. The first-order valence-corrected chi connectivity index (χ1v) is 17.5. The van der Waals surface area contributed by atoms with Gasteiger partial charge in [-0.2, -0.15) is 13.2 Å². The Balaban J connectivity index is 1.12. The highest BCUT2D eigenvalue weighted by Crippen LogP contribution is 2.33. The van der Waals surface area contributed by atoms with Gasteiger partial charge in [-0.3, -0.25) is 9.59 Å². The van der Waals surface area contributed by atoms with E-state index in [1.165, 1.54) is 23.9 Å². The lowest BCUT2D eigenvalue weighted by atomic mass is 9.97. The van der Waals surface area contributed by atoms with E-state index in [0.717, 1.165) is 41.5 Å². The molecule has 6 rings (SSSR count). The van der Waals surface area contributed by atoms with Crippen molar-refractivity contribution in [3.8, 4) is 11.3 Å². The zero-order valence-electron chi connectivity index (χ0n) is 27.2. The molecular formula is C37H38F3N5O3S. The van der Waals surface area contributed by atoms with E-state index < -0.39 is 11.7 Å². The minimum Gasteiger partial charge on any atom is -0.466 e. The first-order valence-electron chi connectivity index (χ1n) is 16.5. The number of likely N-dealkylation sites (tertiary alicyclic amines) is 1. The van der Waals surface area contributed by atoms with Crippen molar-refractivity contribution in [1.82, 2.24) is 14.9 Å². The zero-order valence-corrected chi connectivity index (χ0v) is 28.1. The van der Waals surface area contributed by atoms with Crippen LogP contribution in [0.4, 0.5) is 24.7 Å². The predicted octanol–water partition coefficient (Wildman–Crippen LogP) is 7.20. The molecule has 12 heteroatoms. The molecule has 1 aromatic heterocycles. The molecule has 4 aromatic rings. The Kier molecular flexibility index (Phi) is 10.7. The van der Waals surface area contributed by atoms with Crippen LogP contribution >= 0.6 is 11.8 Å². The number of alkyl halides is 3. The molecule has 2 aliphatic heterocycles. The molecule has 1 amide bonds. The lowest BCUT2D eigenvalue weighted by Gasteiger charge is -2.37. The zero-order chi connectivity index (χ0) is 34.4. The molecule has 49 heavy (non-hydrogen) atoms. The van der Waals surface area contributed by atoms with Crippen LogP contribution in [0.5, 0.6) is 0 Å². The molecule has 0 spiro atoms.